The highest BCUT2D eigenvalue weighted by molar-refractivity contribution is 5.80. The van der Waals surface area contributed by atoms with Gasteiger partial charge in [-0.3, -0.25) is 0 Å². The largest absolute Gasteiger partial charge is 0.385 e. The van der Waals surface area contributed by atoms with Gasteiger partial charge in [-0.25, -0.2) is 4.99 Å². The molecule has 0 spiro atoms. The minimum Gasteiger partial charge on any atom is -0.385 e. The van der Waals surface area contributed by atoms with Crippen LogP contribution in [0.15, 0.2) is 4.99 Å². The summed E-state index contributed by atoms with van der Waals surface area (Å²) in [7, 11) is 3.74. The SMILES string of the molecule is CCOCCCNC(=NCc1nnc(C)n1C)NC1CCN(CCCOC)CC1. The van der Waals surface area contributed by atoms with Crippen molar-refractivity contribution in [1.82, 2.24) is 30.3 Å². The van der Waals surface area contributed by atoms with Crippen LogP contribution < -0.4 is 10.6 Å². The van der Waals surface area contributed by atoms with Crippen molar-refractivity contribution in [1.29, 1.82) is 0 Å². The first-order chi connectivity index (χ1) is 14.1. The summed E-state index contributed by atoms with van der Waals surface area (Å²) >= 11 is 0. The number of methoxy groups -OCH3 is 1. The molecule has 1 aliphatic heterocycles. The van der Waals surface area contributed by atoms with Gasteiger partial charge in [-0.2, -0.15) is 0 Å². The Morgan fingerprint density at radius 1 is 1.21 bits per heavy atom. The summed E-state index contributed by atoms with van der Waals surface area (Å²) in [6.45, 7) is 11.0. The molecule has 9 nitrogen and oxygen atoms in total. The van der Waals surface area contributed by atoms with E-state index < -0.39 is 0 Å². The number of nitrogens with one attached hydrogen (secondary N) is 2. The van der Waals surface area contributed by atoms with Crippen molar-refractivity contribution in [3.63, 3.8) is 0 Å². The second-order valence-electron chi connectivity index (χ2n) is 7.47. The van der Waals surface area contributed by atoms with E-state index in [1.165, 1.54) is 0 Å². The van der Waals surface area contributed by atoms with Crippen LogP contribution in [-0.4, -0.2) is 84.8 Å². The molecule has 9 heteroatoms. The van der Waals surface area contributed by atoms with E-state index in [0.29, 0.717) is 12.6 Å². The molecule has 0 bridgehead atoms. The van der Waals surface area contributed by atoms with Gasteiger partial charge in [-0.05, 0) is 39.5 Å². The van der Waals surface area contributed by atoms with Gasteiger partial charge >= 0.3 is 0 Å². The molecule has 0 atom stereocenters. The van der Waals surface area contributed by atoms with Crippen LogP contribution >= 0.6 is 0 Å². The van der Waals surface area contributed by atoms with Crippen LogP contribution in [-0.2, 0) is 23.1 Å². The number of ether oxygens (including phenoxy) is 2. The van der Waals surface area contributed by atoms with Gasteiger partial charge in [0.2, 0.25) is 0 Å². The van der Waals surface area contributed by atoms with E-state index in [1.54, 1.807) is 7.11 Å². The van der Waals surface area contributed by atoms with Crippen molar-refractivity contribution >= 4 is 5.96 Å². The summed E-state index contributed by atoms with van der Waals surface area (Å²) in [5, 5.41) is 15.4. The first-order valence-corrected chi connectivity index (χ1v) is 10.8. The third-order valence-electron chi connectivity index (χ3n) is 5.27. The molecule has 0 aliphatic carbocycles. The monoisotopic (exact) mass is 409 g/mol. The number of piperidine rings is 1. The Labute approximate surface area is 175 Å². The van der Waals surface area contributed by atoms with Crippen LogP contribution in [0.25, 0.3) is 0 Å². The lowest BCUT2D eigenvalue weighted by molar-refractivity contribution is 0.145. The molecule has 1 aliphatic rings. The fraction of sp³-hybridized carbons (Fsp3) is 0.850. The quantitative estimate of drug-likeness (QED) is 0.303. The van der Waals surface area contributed by atoms with Crippen molar-refractivity contribution < 1.29 is 9.47 Å². The van der Waals surface area contributed by atoms with Gasteiger partial charge in [-0.1, -0.05) is 0 Å². The fourth-order valence-electron chi connectivity index (χ4n) is 3.34. The van der Waals surface area contributed by atoms with Gasteiger partial charge in [0.25, 0.3) is 0 Å². The van der Waals surface area contributed by atoms with E-state index >= 15 is 0 Å². The van der Waals surface area contributed by atoms with Gasteiger partial charge < -0.3 is 29.6 Å². The van der Waals surface area contributed by atoms with Crippen LogP contribution in [0.2, 0.25) is 0 Å². The molecule has 0 aromatic carbocycles. The molecule has 1 aromatic rings. The smallest absolute Gasteiger partial charge is 0.191 e. The maximum Gasteiger partial charge on any atom is 0.191 e. The Bertz CT molecular complexity index is 598. The normalized spacial score (nSPS) is 16.3. The summed E-state index contributed by atoms with van der Waals surface area (Å²) in [5.74, 6) is 2.61. The molecule has 166 valence electrons. The molecular formula is C20H39N7O2. The van der Waals surface area contributed by atoms with E-state index in [9.17, 15) is 0 Å². The molecule has 0 radical (unpaired) electrons. The summed E-state index contributed by atoms with van der Waals surface area (Å²) < 4.78 is 12.6. The molecule has 2 rings (SSSR count). The topological polar surface area (TPSA) is 88.8 Å². The molecule has 0 unspecified atom stereocenters. The first-order valence-electron chi connectivity index (χ1n) is 10.8. The number of likely N-dealkylation sites (tertiary alicyclic amines) is 1. The lowest BCUT2D eigenvalue weighted by Crippen LogP contribution is -2.49. The Balaban J connectivity index is 1.84. The van der Waals surface area contributed by atoms with Crippen LogP contribution in [0.1, 0.15) is 44.3 Å². The molecule has 0 amide bonds. The maximum absolute atomic E-state index is 5.43. The maximum atomic E-state index is 5.43. The average Bonchev–Trinajstić information content (AvgIpc) is 3.05. The van der Waals surface area contributed by atoms with Gasteiger partial charge in [0, 0.05) is 66.2 Å². The lowest BCUT2D eigenvalue weighted by Gasteiger charge is -2.33. The molecule has 1 aromatic heterocycles. The molecule has 2 N–H and O–H groups in total. The van der Waals surface area contributed by atoms with Crippen LogP contribution in [0.4, 0.5) is 0 Å². The predicted octanol–water partition coefficient (Wildman–Crippen LogP) is 1.09. The van der Waals surface area contributed by atoms with Crippen molar-refractivity contribution in [2.45, 2.75) is 52.1 Å². The number of guanidine groups is 1. The van der Waals surface area contributed by atoms with Crippen LogP contribution in [0.5, 0.6) is 0 Å². The number of hydrogen-bond donors (Lipinski definition) is 2. The predicted molar refractivity (Wildman–Crippen MR) is 115 cm³/mol. The number of aliphatic imine (C=N–C) groups is 1. The minimum absolute atomic E-state index is 0.438. The van der Waals surface area contributed by atoms with E-state index in [-0.39, 0.29) is 0 Å². The van der Waals surface area contributed by atoms with Gasteiger partial charge in [-0.15, -0.1) is 10.2 Å². The standard InChI is InChI=1S/C20H39N7O2/c1-5-29-15-6-10-21-20(22-16-19-25-24-17(2)26(19)3)23-18-8-12-27(13-9-18)11-7-14-28-4/h18H,5-16H2,1-4H3,(H2,21,22,23). The fourth-order valence-corrected chi connectivity index (χ4v) is 3.34. The number of aromatic nitrogens is 3. The molecular weight excluding hydrogens is 370 g/mol. The van der Waals surface area contributed by atoms with E-state index in [1.807, 2.05) is 25.5 Å². The average molecular weight is 410 g/mol. The summed E-state index contributed by atoms with van der Waals surface area (Å²) in [6.07, 6.45) is 4.29. The first kappa shape index (κ1) is 23.6. The van der Waals surface area contributed by atoms with Crippen molar-refractivity contribution in [3.05, 3.63) is 11.6 Å². The number of hydrogen-bond acceptors (Lipinski definition) is 6. The number of rotatable bonds is 12. The van der Waals surface area contributed by atoms with Gasteiger partial charge in [0.15, 0.2) is 11.8 Å². The van der Waals surface area contributed by atoms with Crippen molar-refractivity contribution in [2.24, 2.45) is 12.0 Å². The molecule has 1 saturated heterocycles. The Hall–Kier alpha value is -1.71. The van der Waals surface area contributed by atoms with E-state index in [2.05, 4.69) is 25.7 Å². The highest BCUT2D eigenvalue weighted by Crippen LogP contribution is 2.11. The molecule has 29 heavy (non-hydrogen) atoms. The third kappa shape index (κ3) is 8.67. The van der Waals surface area contributed by atoms with E-state index in [0.717, 1.165) is 89.3 Å². The Morgan fingerprint density at radius 3 is 2.66 bits per heavy atom. The summed E-state index contributed by atoms with van der Waals surface area (Å²) in [6, 6.07) is 0.438. The highest BCUT2D eigenvalue weighted by atomic mass is 16.5. The summed E-state index contributed by atoms with van der Waals surface area (Å²) in [4.78, 5) is 7.28. The minimum atomic E-state index is 0.438. The summed E-state index contributed by atoms with van der Waals surface area (Å²) in [5.41, 5.74) is 0. The van der Waals surface area contributed by atoms with Crippen LogP contribution in [0, 0.1) is 6.92 Å². The number of nitrogens with zero attached hydrogens (tertiary/aromatic N) is 5. The molecule has 1 fully saturated rings. The number of aryl methyl sites for hydroxylation is 1. The zero-order valence-corrected chi connectivity index (χ0v) is 18.6. The van der Waals surface area contributed by atoms with Crippen molar-refractivity contribution in [3.8, 4) is 0 Å². The lowest BCUT2D eigenvalue weighted by atomic mass is 10.1. The second kappa shape index (κ2) is 13.5. The van der Waals surface area contributed by atoms with Gasteiger partial charge in [0.05, 0.1) is 0 Å². The van der Waals surface area contributed by atoms with E-state index in [4.69, 9.17) is 14.5 Å². The zero-order valence-electron chi connectivity index (χ0n) is 18.6. The zero-order chi connectivity index (χ0) is 20.9. The molecule has 2 heterocycles. The van der Waals surface area contributed by atoms with Crippen LogP contribution in [0.3, 0.4) is 0 Å². The van der Waals surface area contributed by atoms with Gasteiger partial charge in [0.1, 0.15) is 12.4 Å². The molecule has 0 saturated carbocycles. The Kier molecular flexibility index (Phi) is 11.0. The van der Waals surface area contributed by atoms with Crippen molar-refractivity contribution in [2.75, 3.05) is 53.1 Å². The second-order valence-corrected chi connectivity index (χ2v) is 7.47. The highest BCUT2D eigenvalue weighted by Gasteiger charge is 2.19. The Morgan fingerprint density at radius 2 is 2.00 bits per heavy atom. The third-order valence-corrected chi connectivity index (χ3v) is 5.27.